The van der Waals surface area contributed by atoms with Crippen molar-refractivity contribution >= 4 is 39.1 Å². The van der Waals surface area contributed by atoms with Crippen molar-refractivity contribution in [1.82, 2.24) is 10.2 Å². The fourth-order valence-corrected chi connectivity index (χ4v) is 6.95. The van der Waals surface area contributed by atoms with Gasteiger partial charge in [-0.2, -0.15) is 0 Å². The molecule has 0 saturated heterocycles. The number of nitrogens with one attached hydrogen (secondary N) is 1. The molecule has 0 radical (unpaired) electrons. The molecule has 4 rings (SSSR count). The highest BCUT2D eigenvalue weighted by Gasteiger charge is 2.36. The summed E-state index contributed by atoms with van der Waals surface area (Å²) >= 11 is 6.19. The van der Waals surface area contributed by atoms with E-state index in [1.807, 2.05) is 44.2 Å². The van der Waals surface area contributed by atoms with E-state index in [0.29, 0.717) is 28.5 Å². The second kappa shape index (κ2) is 17.8. The number of methoxy groups -OCH3 is 4. The number of carbonyl (C=O) groups is 2. The molecule has 0 aliphatic heterocycles. The van der Waals surface area contributed by atoms with Gasteiger partial charge in [0, 0.05) is 36.2 Å². The summed E-state index contributed by atoms with van der Waals surface area (Å²) in [5.74, 6) is -0.00600. The van der Waals surface area contributed by atoms with Gasteiger partial charge in [0.25, 0.3) is 10.0 Å². The van der Waals surface area contributed by atoms with Crippen LogP contribution in [0.4, 0.5) is 5.69 Å². The van der Waals surface area contributed by atoms with Crippen LogP contribution in [0.2, 0.25) is 5.02 Å². The third-order valence-electron chi connectivity index (χ3n) is 8.41. The Morgan fingerprint density at radius 3 is 2.04 bits per heavy atom. The van der Waals surface area contributed by atoms with Crippen LogP contribution < -0.4 is 28.6 Å². The molecule has 272 valence electrons. The van der Waals surface area contributed by atoms with E-state index >= 15 is 0 Å². The Kier molecular flexibility index (Phi) is 13.6. The average Bonchev–Trinajstić information content (AvgIpc) is 3.15. The molecule has 4 aromatic carbocycles. The molecule has 0 aliphatic carbocycles. The predicted molar refractivity (Wildman–Crippen MR) is 197 cm³/mol. The number of hydrogen-bond donors (Lipinski definition) is 1. The molecule has 2 unspecified atom stereocenters. The summed E-state index contributed by atoms with van der Waals surface area (Å²) in [6.07, 6.45) is 0.843. The lowest BCUT2D eigenvalue weighted by Crippen LogP contribution is -2.54. The first-order valence-corrected chi connectivity index (χ1v) is 18.1. The number of carbonyl (C=O) groups excluding carboxylic acids is 2. The highest BCUT2D eigenvalue weighted by atomic mass is 35.5. The van der Waals surface area contributed by atoms with Gasteiger partial charge in [-0.05, 0) is 60.9 Å². The Balaban J connectivity index is 1.90. The van der Waals surface area contributed by atoms with Crippen LogP contribution in [0.25, 0.3) is 0 Å². The number of rotatable bonds is 17. The van der Waals surface area contributed by atoms with Crippen molar-refractivity contribution in [3.63, 3.8) is 0 Å². The standard InChI is InChI=1S/C38H44ClN3O8S/c1-7-26(2)40-38(44)33(21-27-11-9-8-10-12-27)41(24-28-13-15-29(39)16-14-28)37(43)25-42(32-22-30(47-3)17-19-34(32)48-4)51(45,46)31-18-20-35(49-5)36(23-31)50-6/h8-20,22-23,26,33H,7,21,24-25H2,1-6H3,(H,40,44). The van der Waals surface area contributed by atoms with Crippen molar-refractivity contribution in [2.24, 2.45) is 0 Å². The molecule has 0 aromatic heterocycles. The lowest BCUT2D eigenvalue weighted by molar-refractivity contribution is -0.140. The van der Waals surface area contributed by atoms with Crippen LogP contribution in [-0.2, 0) is 32.6 Å². The molecule has 11 nitrogen and oxygen atoms in total. The van der Waals surface area contributed by atoms with Crippen LogP contribution in [0.5, 0.6) is 23.0 Å². The minimum Gasteiger partial charge on any atom is -0.497 e. The SMILES string of the molecule is CCC(C)NC(=O)C(Cc1ccccc1)N(Cc1ccc(Cl)cc1)C(=O)CN(c1cc(OC)ccc1OC)S(=O)(=O)c1ccc(OC)c(OC)c1. The molecule has 4 aromatic rings. The number of sulfonamides is 1. The number of nitrogens with zero attached hydrogens (tertiary/aromatic N) is 2. The third kappa shape index (κ3) is 9.65. The van der Waals surface area contributed by atoms with Crippen molar-refractivity contribution in [2.75, 3.05) is 39.3 Å². The van der Waals surface area contributed by atoms with E-state index in [2.05, 4.69) is 5.32 Å². The highest BCUT2D eigenvalue weighted by Crippen LogP contribution is 2.38. The fourth-order valence-electron chi connectivity index (χ4n) is 5.39. The number of halogens is 1. The number of benzene rings is 4. The van der Waals surface area contributed by atoms with Crippen LogP contribution in [0.1, 0.15) is 31.4 Å². The first kappa shape index (κ1) is 38.9. The zero-order valence-electron chi connectivity index (χ0n) is 29.6. The minimum atomic E-state index is -4.51. The maximum Gasteiger partial charge on any atom is 0.265 e. The topological polar surface area (TPSA) is 124 Å². The van der Waals surface area contributed by atoms with Gasteiger partial charge in [0.2, 0.25) is 11.8 Å². The van der Waals surface area contributed by atoms with Crippen molar-refractivity contribution in [3.05, 3.63) is 107 Å². The van der Waals surface area contributed by atoms with E-state index in [1.165, 1.54) is 57.6 Å². The first-order valence-electron chi connectivity index (χ1n) is 16.3. The van der Waals surface area contributed by atoms with Crippen LogP contribution in [0.15, 0.2) is 95.9 Å². The second-order valence-corrected chi connectivity index (χ2v) is 14.0. The van der Waals surface area contributed by atoms with Gasteiger partial charge in [-0.3, -0.25) is 13.9 Å². The van der Waals surface area contributed by atoms with Crippen molar-refractivity contribution in [1.29, 1.82) is 0 Å². The van der Waals surface area contributed by atoms with Gasteiger partial charge < -0.3 is 29.2 Å². The first-order chi connectivity index (χ1) is 24.4. The fraction of sp³-hybridized carbons (Fsp3) is 0.316. The van der Waals surface area contributed by atoms with E-state index in [4.69, 9.17) is 30.5 Å². The van der Waals surface area contributed by atoms with Crippen molar-refractivity contribution in [3.8, 4) is 23.0 Å². The Hall–Kier alpha value is -4.94. The summed E-state index contributed by atoms with van der Waals surface area (Å²) in [4.78, 5) is 30.2. The second-order valence-electron chi connectivity index (χ2n) is 11.7. The molecular formula is C38H44ClN3O8S. The maximum atomic E-state index is 14.8. The van der Waals surface area contributed by atoms with Gasteiger partial charge in [0.05, 0.1) is 39.0 Å². The number of amides is 2. The average molecular weight is 738 g/mol. The highest BCUT2D eigenvalue weighted by molar-refractivity contribution is 7.92. The zero-order chi connectivity index (χ0) is 37.1. The number of anilines is 1. The quantitative estimate of drug-likeness (QED) is 0.138. The van der Waals surface area contributed by atoms with Crippen LogP contribution in [0.3, 0.4) is 0 Å². The van der Waals surface area contributed by atoms with E-state index < -0.39 is 28.5 Å². The molecule has 0 saturated carbocycles. The van der Waals surface area contributed by atoms with Crippen LogP contribution in [0, 0.1) is 0 Å². The smallest absolute Gasteiger partial charge is 0.265 e. The number of hydrogen-bond acceptors (Lipinski definition) is 8. The summed E-state index contributed by atoms with van der Waals surface area (Å²) in [6.45, 7) is 3.12. The summed E-state index contributed by atoms with van der Waals surface area (Å²) in [5, 5.41) is 3.53. The number of ether oxygens (including phenoxy) is 4. The Morgan fingerprint density at radius 2 is 1.43 bits per heavy atom. The van der Waals surface area contributed by atoms with Crippen molar-refractivity contribution in [2.45, 2.75) is 50.2 Å². The van der Waals surface area contributed by atoms with Gasteiger partial charge in [-0.25, -0.2) is 8.42 Å². The molecule has 0 bridgehead atoms. The molecule has 0 heterocycles. The molecule has 0 fully saturated rings. The third-order valence-corrected chi connectivity index (χ3v) is 10.4. The van der Waals surface area contributed by atoms with E-state index in [-0.39, 0.29) is 47.0 Å². The molecular weight excluding hydrogens is 694 g/mol. The zero-order valence-corrected chi connectivity index (χ0v) is 31.2. The van der Waals surface area contributed by atoms with Crippen molar-refractivity contribution < 1.29 is 37.0 Å². The van der Waals surface area contributed by atoms with Gasteiger partial charge in [-0.15, -0.1) is 0 Å². The van der Waals surface area contributed by atoms with E-state index in [0.717, 1.165) is 9.87 Å². The summed E-state index contributed by atoms with van der Waals surface area (Å²) in [6, 6.07) is 23.9. The Bertz CT molecular complexity index is 1890. The van der Waals surface area contributed by atoms with Gasteiger partial charge in [0.15, 0.2) is 11.5 Å². The van der Waals surface area contributed by atoms with E-state index in [1.54, 1.807) is 36.4 Å². The van der Waals surface area contributed by atoms with Crippen LogP contribution >= 0.6 is 11.6 Å². The minimum absolute atomic E-state index is 0.0130. The monoisotopic (exact) mass is 737 g/mol. The molecule has 0 spiro atoms. The van der Waals surface area contributed by atoms with E-state index in [9.17, 15) is 18.0 Å². The van der Waals surface area contributed by atoms with Gasteiger partial charge in [0.1, 0.15) is 24.1 Å². The molecule has 1 N–H and O–H groups in total. The molecule has 0 aliphatic rings. The Morgan fingerprint density at radius 1 is 0.784 bits per heavy atom. The molecule has 51 heavy (non-hydrogen) atoms. The molecule has 13 heteroatoms. The lowest BCUT2D eigenvalue weighted by Gasteiger charge is -2.34. The molecule has 2 atom stereocenters. The van der Waals surface area contributed by atoms with Gasteiger partial charge >= 0.3 is 0 Å². The lowest BCUT2D eigenvalue weighted by atomic mass is 10.0. The summed E-state index contributed by atoms with van der Waals surface area (Å²) in [7, 11) is 1.17. The normalized spacial score (nSPS) is 12.3. The molecule has 2 amide bonds. The Labute approximate surface area is 305 Å². The largest absolute Gasteiger partial charge is 0.497 e. The van der Waals surface area contributed by atoms with Crippen LogP contribution in [-0.4, -0.2) is 72.2 Å². The maximum absolute atomic E-state index is 14.8. The van der Waals surface area contributed by atoms with Gasteiger partial charge in [-0.1, -0.05) is 61.0 Å². The summed E-state index contributed by atoms with van der Waals surface area (Å²) in [5.41, 5.74) is 1.56. The predicted octanol–water partition coefficient (Wildman–Crippen LogP) is 6.12. The summed E-state index contributed by atoms with van der Waals surface area (Å²) < 4.78 is 52.1.